The number of halogens is 2. The van der Waals surface area contributed by atoms with Crippen molar-refractivity contribution in [2.75, 3.05) is 40.3 Å². The van der Waals surface area contributed by atoms with E-state index in [4.69, 9.17) is 0 Å². The summed E-state index contributed by atoms with van der Waals surface area (Å²) in [6.07, 6.45) is 7.29. The lowest BCUT2D eigenvalue weighted by Crippen LogP contribution is -3.00. The Morgan fingerprint density at radius 2 is 1.19 bits per heavy atom. The van der Waals surface area contributed by atoms with Gasteiger partial charge in [-0.1, -0.05) is 12.2 Å². The van der Waals surface area contributed by atoms with Crippen molar-refractivity contribution in [2.24, 2.45) is 0 Å². The maximum absolute atomic E-state index is 2.40. The molecule has 0 bridgehead atoms. The van der Waals surface area contributed by atoms with E-state index in [0.717, 1.165) is 13.1 Å². The summed E-state index contributed by atoms with van der Waals surface area (Å²) < 4.78 is 0. The maximum atomic E-state index is 2.40. The second kappa shape index (κ2) is 7.33. The molecule has 0 aromatic carbocycles. The molecule has 0 N–H and O–H groups in total. The van der Waals surface area contributed by atoms with Gasteiger partial charge in [0.25, 0.3) is 0 Å². The molecule has 0 saturated carbocycles. The van der Waals surface area contributed by atoms with Crippen LogP contribution in [0, 0.1) is 0 Å². The first kappa shape index (κ1) is 16.0. The van der Waals surface area contributed by atoms with Crippen LogP contribution in [0.5, 0.6) is 0 Å². The van der Waals surface area contributed by atoms with E-state index in [0.29, 0.717) is 0 Å². The predicted octanol–water partition coefficient (Wildman–Crippen LogP) is -4.48. The fourth-order valence-electron chi connectivity index (χ4n) is 2.12. The maximum Gasteiger partial charge on any atom is 0.0166 e. The predicted molar refractivity (Wildman–Crippen MR) is 60.4 cm³/mol. The summed E-state index contributed by atoms with van der Waals surface area (Å²) in [4.78, 5) is 4.75. The zero-order valence-electron chi connectivity index (χ0n) is 10.0. The summed E-state index contributed by atoms with van der Waals surface area (Å²) in [6, 6.07) is 0. The van der Waals surface area contributed by atoms with Crippen LogP contribution in [0.3, 0.4) is 0 Å². The summed E-state index contributed by atoms with van der Waals surface area (Å²) in [5.41, 5.74) is 3.22. The molecule has 0 fully saturated rings. The summed E-state index contributed by atoms with van der Waals surface area (Å²) in [5, 5.41) is 0. The molecule has 4 heteroatoms. The molecule has 2 aliphatic rings. The highest BCUT2D eigenvalue weighted by molar-refractivity contribution is 5.34. The van der Waals surface area contributed by atoms with Gasteiger partial charge in [0.05, 0.1) is 0 Å². The Hall–Kier alpha value is -0.0200. The Bertz CT molecular complexity index is 246. The van der Waals surface area contributed by atoms with Crippen LogP contribution >= 0.6 is 0 Å². The average molecular weight is 263 g/mol. The third-order valence-corrected chi connectivity index (χ3v) is 3.24. The molecule has 94 valence electrons. The van der Waals surface area contributed by atoms with E-state index in [1.807, 2.05) is 0 Å². The van der Waals surface area contributed by atoms with Crippen LogP contribution in [0.4, 0.5) is 0 Å². The van der Waals surface area contributed by atoms with Crippen LogP contribution < -0.4 is 24.8 Å². The zero-order valence-corrected chi connectivity index (χ0v) is 11.6. The van der Waals surface area contributed by atoms with Gasteiger partial charge in [0, 0.05) is 26.2 Å². The third kappa shape index (κ3) is 4.10. The van der Waals surface area contributed by atoms with Crippen molar-refractivity contribution in [3.63, 3.8) is 0 Å². The first-order valence-electron chi connectivity index (χ1n) is 5.51. The van der Waals surface area contributed by atoms with Gasteiger partial charge >= 0.3 is 0 Å². The van der Waals surface area contributed by atoms with E-state index in [1.165, 1.54) is 25.9 Å². The van der Waals surface area contributed by atoms with Crippen LogP contribution in [0.15, 0.2) is 23.3 Å². The molecular weight excluding hydrogens is 243 g/mol. The molecule has 0 aliphatic carbocycles. The normalized spacial score (nSPS) is 22.6. The fraction of sp³-hybridized carbons (Fsp3) is 0.667. The summed E-state index contributed by atoms with van der Waals surface area (Å²) >= 11 is 0. The van der Waals surface area contributed by atoms with E-state index in [9.17, 15) is 0 Å². The van der Waals surface area contributed by atoms with E-state index in [2.05, 4.69) is 36.0 Å². The molecule has 2 aliphatic heterocycles. The first-order valence-corrected chi connectivity index (χ1v) is 5.51. The summed E-state index contributed by atoms with van der Waals surface area (Å²) in [5.74, 6) is 0. The van der Waals surface area contributed by atoms with E-state index < -0.39 is 0 Å². The highest BCUT2D eigenvalue weighted by Crippen LogP contribution is 2.23. The van der Waals surface area contributed by atoms with Gasteiger partial charge in [-0.2, -0.15) is 0 Å². The smallest absolute Gasteiger partial charge is 0.0166 e. The lowest BCUT2D eigenvalue weighted by molar-refractivity contribution is -0.001000. The van der Waals surface area contributed by atoms with Crippen molar-refractivity contribution in [2.45, 2.75) is 12.8 Å². The molecule has 16 heavy (non-hydrogen) atoms. The molecule has 0 atom stereocenters. The molecule has 2 nitrogen and oxygen atoms in total. The minimum atomic E-state index is 0. The van der Waals surface area contributed by atoms with Crippen LogP contribution in [0.25, 0.3) is 0 Å². The molecule has 2 rings (SSSR count). The lowest BCUT2D eigenvalue weighted by Gasteiger charge is -2.27. The lowest BCUT2D eigenvalue weighted by atomic mass is 9.95. The molecule has 0 amide bonds. The minimum Gasteiger partial charge on any atom is -1.00 e. The monoisotopic (exact) mass is 262 g/mol. The number of nitrogens with zero attached hydrogens (tertiary/aromatic N) is 2. The Morgan fingerprint density at radius 3 is 1.44 bits per heavy atom. The molecule has 0 aromatic heterocycles. The second-order valence-electron chi connectivity index (χ2n) is 4.48. The molecule has 0 spiro atoms. The Balaban J connectivity index is 0.00000112. The van der Waals surface area contributed by atoms with Crippen molar-refractivity contribution < 1.29 is 24.8 Å². The topological polar surface area (TPSA) is 6.48 Å². The molecule has 2 heterocycles. The average Bonchev–Trinajstić information content (AvgIpc) is 2.21. The number of likely N-dealkylation sites (N-methyl/N-ethyl adjacent to an activating group) is 2. The Kier molecular flexibility index (Phi) is 7.32. The summed E-state index contributed by atoms with van der Waals surface area (Å²) in [6.45, 7) is 4.70. The van der Waals surface area contributed by atoms with Gasteiger partial charge in [-0.15, -0.1) is 0 Å². The van der Waals surface area contributed by atoms with Gasteiger partial charge in [-0.05, 0) is 38.1 Å². The van der Waals surface area contributed by atoms with Crippen molar-refractivity contribution in [3.8, 4) is 0 Å². The van der Waals surface area contributed by atoms with Gasteiger partial charge in [0.1, 0.15) is 0 Å². The molecular formula is C12H20Cl2N2-2. The largest absolute Gasteiger partial charge is 1.00 e. The minimum absolute atomic E-state index is 0. The zero-order chi connectivity index (χ0) is 9.97. The van der Waals surface area contributed by atoms with Crippen LogP contribution in [-0.2, 0) is 0 Å². The fourth-order valence-corrected chi connectivity index (χ4v) is 2.12. The molecule has 0 radical (unpaired) electrons. The number of hydrogen-bond donors (Lipinski definition) is 0. The van der Waals surface area contributed by atoms with Crippen molar-refractivity contribution in [1.29, 1.82) is 0 Å². The van der Waals surface area contributed by atoms with Crippen molar-refractivity contribution in [1.82, 2.24) is 9.80 Å². The van der Waals surface area contributed by atoms with E-state index in [1.54, 1.807) is 11.1 Å². The molecule has 0 unspecified atom stereocenters. The number of rotatable bonds is 1. The van der Waals surface area contributed by atoms with Gasteiger partial charge in [0.15, 0.2) is 0 Å². The molecule has 0 aromatic rings. The van der Waals surface area contributed by atoms with Gasteiger partial charge in [-0.3, -0.25) is 0 Å². The second-order valence-corrected chi connectivity index (χ2v) is 4.48. The number of hydrogen-bond acceptors (Lipinski definition) is 2. The van der Waals surface area contributed by atoms with Gasteiger partial charge in [-0.25, -0.2) is 0 Å². The van der Waals surface area contributed by atoms with Crippen LogP contribution in [0.1, 0.15) is 12.8 Å². The van der Waals surface area contributed by atoms with Crippen LogP contribution in [0.2, 0.25) is 0 Å². The Labute approximate surface area is 111 Å². The van der Waals surface area contributed by atoms with Crippen LogP contribution in [-0.4, -0.2) is 50.1 Å². The third-order valence-electron chi connectivity index (χ3n) is 3.24. The SMILES string of the molecule is CN1CC=C(C2=CCN(C)CC2)CC1.[Cl-].[Cl-]. The van der Waals surface area contributed by atoms with Crippen molar-refractivity contribution >= 4 is 0 Å². The summed E-state index contributed by atoms with van der Waals surface area (Å²) in [7, 11) is 4.38. The highest BCUT2D eigenvalue weighted by atomic mass is 35.5. The van der Waals surface area contributed by atoms with Gasteiger partial charge in [0.2, 0.25) is 0 Å². The standard InChI is InChI=1S/C12H20N2.2ClH/c1-13-7-3-11(4-8-13)12-5-9-14(2)10-6-12;;/h3,5H,4,6-10H2,1-2H3;2*1H/p-2. The highest BCUT2D eigenvalue weighted by Gasteiger charge is 2.14. The van der Waals surface area contributed by atoms with E-state index >= 15 is 0 Å². The quantitative estimate of drug-likeness (QED) is 0.471. The first-order chi connectivity index (χ1) is 6.75. The Morgan fingerprint density at radius 1 is 0.812 bits per heavy atom. The van der Waals surface area contributed by atoms with Crippen molar-refractivity contribution in [3.05, 3.63) is 23.3 Å². The van der Waals surface area contributed by atoms with Gasteiger partial charge < -0.3 is 34.6 Å². The molecule has 0 saturated heterocycles. The van der Waals surface area contributed by atoms with E-state index in [-0.39, 0.29) is 24.8 Å².